The van der Waals surface area contributed by atoms with E-state index in [1.54, 1.807) is 0 Å². The number of alkyl halides is 1. The Bertz CT molecular complexity index is 235. The van der Waals surface area contributed by atoms with Crippen LogP contribution >= 0.6 is 15.9 Å². The predicted octanol–water partition coefficient (Wildman–Crippen LogP) is 2.17. The standard InChI is InChI=1S/C10H16BrNO/c1-7(2)10(4-5-10)12-6-3-8(11)9(12)13/h7-8H,3-6H2,1-2H3. The fraction of sp³-hybridized carbons (Fsp3) is 0.900. The van der Waals surface area contributed by atoms with Gasteiger partial charge < -0.3 is 4.90 Å². The molecule has 1 saturated carbocycles. The van der Waals surface area contributed by atoms with Crippen molar-refractivity contribution < 1.29 is 4.79 Å². The van der Waals surface area contributed by atoms with Gasteiger partial charge in [-0.05, 0) is 25.2 Å². The zero-order chi connectivity index (χ0) is 9.64. The molecule has 2 rings (SSSR count). The molecule has 0 aromatic carbocycles. The van der Waals surface area contributed by atoms with Crippen LogP contribution in [0.2, 0.25) is 0 Å². The van der Waals surface area contributed by atoms with E-state index < -0.39 is 0 Å². The summed E-state index contributed by atoms with van der Waals surface area (Å²) >= 11 is 3.42. The number of likely N-dealkylation sites (tertiary alicyclic amines) is 1. The van der Waals surface area contributed by atoms with Gasteiger partial charge in [0, 0.05) is 12.1 Å². The van der Waals surface area contributed by atoms with Gasteiger partial charge in [-0.15, -0.1) is 0 Å². The first-order valence-corrected chi connectivity index (χ1v) is 5.95. The van der Waals surface area contributed by atoms with Crippen LogP contribution < -0.4 is 0 Å². The highest BCUT2D eigenvalue weighted by molar-refractivity contribution is 9.10. The first-order valence-electron chi connectivity index (χ1n) is 5.03. The molecule has 0 radical (unpaired) electrons. The number of amides is 1. The molecule has 3 heteroatoms. The van der Waals surface area contributed by atoms with Crippen LogP contribution in [0.4, 0.5) is 0 Å². The Morgan fingerprint density at radius 2 is 2.15 bits per heavy atom. The van der Waals surface area contributed by atoms with E-state index in [0.717, 1.165) is 13.0 Å². The van der Waals surface area contributed by atoms with Crippen LogP contribution in [0.1, 0.15) is 33.1 Å². The summed E-state index contributed by atoms with van der Waals surface area (Å²) in [5, 5.41) is 0. The van der Waals surface area contributed by atoms with Crippen LogP contribution in [0.3, 0.4) is 0 Å². The van der Waals surface area contributed by atoms with Crippen molar-refractivity contribution in [2.75, 3.05) is 6.54 Å². The Morgan fingerprint density at radius 1 is 1.54 bits per heavy atom. The molecule has 0 spiro atoms. The molecule has 1 amide bonds. The lowest BCUT2D eigenvalue weighted by atomic mass is 10.0. The number of nitrogens with zero attached hydrogens (tertiary/aromatic N) is 1. The van der Waals surface area contributed by atoms with Gasteiger partial charge in [0.2, 0.25) is 5.91 Å². The highest BCUT2D eigenvalue weighted by Crippen LogP contribution is 2.49. The summed E-state index contributed by atoms with van der Waals surface area (Å²) in [5.41, 5.74) is 0.236. The van der Waals surface area contributed by atoms with Gasteiger partial charge in [-0.2, -0.15) is 0 Å². The monoisotopic (exact) mass is 245 g/mol. The summed E-state index contributed by atoms with van der Waals surface area (Å²) in [4.78, 5) is 14.0. The Labute approximate surface area is 87.8 Å². The SMILES string of the molecule is CC(C)C1(N2CCC(Br)C2=O)CC1. The number of halogens is 1. The van der Waals surface area contributed by atoms with Crippen molar-refractivity contribution in [2.24, 2.45) is 5.92 Å². The largest absolute Gasteiger partial charge is 0.336 e. The zero-order valence-corrected chi connectivity index (χ0v) is 9.80. The number of carbonyl (C=O) groups is 1. The number of hydrogen-bond acceptors (Lipinski definition) is 1. The Hall–Kier alpha value is -0.0500. The summed E-state index contributed by atoms with van der Waals surface area (Å²) in [5.74, 6) is 0.917. The average Bonchev–Trinajstić information content (AvgIpc) is 2.80. The second-order valence-electron chi connectivity index (χ2n) is 4.50. The highest BCUT2D eigenvalue weighted by Gasteiger charge is 2.54. The van der Waals surface area contributed by atoms with Crippen LogP contribution in [0.25, 0.3) is 0 Å². The minimum Gasteiger partial charge on any atom is -0.336 e. The maximum absolute atomic E-state index is 11.8. The second kappa shape index (κ2) is 2.97. The van der Waals surface area contributed by atoms with E-state index in [1.807, 2.05) is 0 Å². The molecule has 1 heterocycles. The van der Waals surface area contributed by atoms with E-state index in [2.05, 4.69) is 34.7 Å². The van der Waals surface area contributed by atoms with E-state index in [4.69, 9.17) is 0 Å². The molecule has 1 aliphatic heterocycles. The third kappa shape index (κ3) is 1.32. The first kappa shape index (κ1) is 9.50. The quantitative estimate of drug-likeness (QED) is 0.684. The normalized spacial score (nSPS) is 31.5. The average molecular weight is 246 g/mol. The topological polar surface area (TPSA) is 20.3 Å². The van der Waals surface area contributed by atoms with Crippen LogP contribution in [0.5, 0.6) is 0 Å². The van der Waals surface area contributed by atoms with Crippen LogP contribution in [-0.2, 0) is 4.79 Å². The molecule has 0 aromatic rings. The maximum Gasteiger partial charge on any atom is 0.236 e. The molecule has 1 unspecified atom stereocenters. The van der Waals surface area contributed by atoms with Crippen molar-refractivity contribution in [2.45, 2.75) is 43.5 Å². The van der Waals surface area contributed by atoms with Gasteiger partial charge in [0.1, 0.15) is 0 Å². The molecule has 74 valence electrons. The van der Waals surface area contributed by atoms with E-state index in [1.165, 1.54) is 12.8 Å². The molecular formula is C10H16BrNO. The molecule has 0 bridgehead atoms. The number of carbonyl (C=O) groups excluding carboxylic acids is 1. The number of rotatable bonds is 2. The molecule has 2 fully saturated rings. The Morgan fingerprint density at radius 3 is 2.46 bits per heavy atom. The summed E-state index contributed by atoms with van der Waals surface area (Å²) in [6.45, 7) is 5.40. The fourth-order valence-corrected chi connectivity index (χ4v) is 2.83. The predicted molar refractivity (Wildman–Crippen MR) is 55.8 cm³/mol. The van der Waals surface area contributed by atoms with Crippen molar-refractivity contribution in [1.29, 1.82) is 0 Å². The van der Waals surface area contributed by atoms with Gasteiger partial charge in [-0.1, -0.05) is 29.8 Å². The van der Waals surface area contributed by atoms with Gasteiger partial charge in [0.15, 0.2) is 0 Å². The molecular weight excluding hydrogens is 230 g/mol. The molecule has 0 N–H and O–H groups in total. The molecule has 1 aliphatic carbocycles. The van der Waals surface area contributed by atoms with E-state index in [0.29, 0.717) is 11.8 Å². The Kier molecular flexibility index (Phi) is 2.17. The molecule has 1 saturated heterocycles. The van der Waals surface area contributed by atoms with Crippen LogP contribution in [0.15, 0.2) is 0 Å². The zero-order valence-electron chi connectivity index (χ0n) is 8.22. The minimum atomic E-state index is 0.0868. The highest BCUT2D eigenvalue weighted by atomic mass is 79.9. The van der Waals surface area contributed by atoms with Crippen molar-refractivity contribution in [1.82, 2.24) is 4.90 Å². The van der Waals surface area contributed by atoms with Crippen molar-refractivity contribution >= 4 is 21.8 Å². The fourth-order valence-electron chi connectivity index (χ4n) is 2.37. The maximum atomic E-state index is 11.8. The van der Waals surface area contributed by atoms with Gasteiger partial charge in [-0.25, -0.2) is 0 Å². The van der Waals surface area contributed by atoms with Crippen molar-refractivity contribution in [3.8, 4) is 0 Å². The molecule has 13 heavy (non-hydrogen) atoms. The van der Waals surface area contributed by atoms with Gasteiger partial charge in [-0.3, -0.25) is 4.79 Å². The second-order valence-corrected chi connectivity index (χ2v) is 5.61. The summed E-state index contributed by atoms with van der Waals surface area (Å²) in [7, 11) is 0. The minimum absolute atomic E-state index is 0.0868. The van der Waals surface area contributed by atoms with Gasteiger partial charge >= 0.3 is 0 Å². The molecule has 2 nitrogen and oxygen atoms in total. The van der Waals surface area contributed by atoms with E-state index in [-0.39, 0.29) is 10.4 Å². The van der Waals surface area contributed by atoms with E-state index >= 15 is 0 Å². The Balaban J connectivity index is 2.14. The van der Waals surface area contributed by atoms with Gasteiger partial charge in [0.25, 0.3) is 0 Å². The van der Waals surface area contributed by atoms with E-state index in [9.17, 15) is 4.79 Å². The van der Waals surface area contributed by atoms with Gasteiger partial charge in [0.05, 0.1) is 4.83 Å². The lowest BCUT2D eigenvalue weighted by molar-refractivity contribution is -0.130. The summed E-state index contributed by atoms with van der Waals surface area (Å²) in [6.07, 6.45) is 3.39. The van der Waals surface area contributed by atoms with Crippen molar-refractivity contribution in [3.05, 3.63) is 0 Å². The number of hydrogen-bond donors (Lipinski definition) is 0. The smallest absolute Gasteiger partial charge is 0.236 e. The first-order chi connectivity index (χ1) is 6.08. The van der Waals surface area contributed by atoms with Crippen LogP contribution in [-0.4, -0.2) is 27.7 Å². The third-order valence-electron chi connectivity index (χ3n) is 3.51. The third-order valence-corrected chi connectivity index (χ3v) is 4.36. The molecule has 1 atom stereocenters. The lowest BCUT2D eigenvalue weighted by Gasteiger charge is -2.31. The lowest BCUT2D eigenvalue weighted by Crippen LogP contribution is -2.43. The molecule has 0 aromatic heterocycles. The van der Waals surface area contributed by atoms with Crippen LogP contribution in [0, 0.1) is 5.92 Å². The summed E-state index contributed by atoms with van der Waals surface area (Å²) < 4.78 is 0. The van der Waals surface area contributed by atoms with Crippen molar-refractivity contribution in [3.63, 3.8) is 0 Å². The molecule has 2 aliphatic rings. The summed E-state index contributed by atoms with van der Waals surface area (Å²) in [6, 6.07) is 0.